The van der Waals surface area contributed by atoms with E-state index in [9.17, 15) is 9.59 Å². The molecular weight excluding hydrogens is 372 g/mol. The fraction of sp³-hybridized carbons (Fsp3) is 0.462. The Hall–Kier alpha value is -2.62. The number of rotatable bonds is 12. The third-order valence-electron chi connectivity index (χ3n) is 5.47. The van der Waals surface area contributed by atoms with Gasteiger partial charge in [0.15, 0.2) is 0 Å². The molecule has 4 nitrogen and oxygen atoms in total. The molecule has 0 aliphatic rings. The molecule has 30 heavy (non-hydrogen) atoms. The summed E-state index contributed by atoms with van der Waals surface area (Å²) in [4.78, 5) is 27.8. The van der Waals surface area contributed by atoms with Crippen LogP contribution >= 0.6 is 0 Å². The van der Waals surface area contributed by atoms with Crippen LogP contribution in [0.25, 0.3) is 0 Å². The normalized spacial score (nSPS) is 11.7. The minimum absolute atomic E-state index is 0.0240. The van der Waals surface area contributed by atoms with E-state index in [1.54, 1.807) is 4.90 Å². The van der Waals surface area contributed by atoms with Gasteiger partial charge in [-0.3, -0.25) is 9.59 Å². The van der Waals surface area contributed by atoms with Gasteiger partial charge in [0.05, 0.1) is 0 Å². The number of nitrogens with zero attached hydrogens (tertiary/aromatic N) is 1. The van der Waals surface area contributed by atoms with Gasteiger partial charge >= 0.3 is 0 Å². The summed E-state index contributed by atoms with van der Waals surface area (Å²) in [6.07, 6.45) is 4.67. The van der Waals surface area contributed by atoms with Crippen LogP contribution in [0.5, 0.6) is 0 Å². The number of hydrogen-bond acceptors (Lipinski definition) is 2. The molecule has 1 unspecified atom stereocenters. The van der Waals surface area contributed by atoms with E-state index in [2.05, 4.69) is 43.4 Å². The average Bonchev–Trinajstić information content (AvgIpc) is 2.78. The lowest BCUT2D eigenvalue weighted by atomic mass is 10.0. The highest BCUT2D eigenvalue weighted by atomic mass is 16.2. The van der Waals surface area contributed by atoms with Crippen LogP contribution in [0.1, 0.15) is 63.1 Å². The Morgan fingerprint density at radius 2 is 1.57 bits per heavy atom. The lowest BCUT2D eigenvalue weighted by Crippen LogP contribution is -2.49. The van der Waals surface area contributed by atoms with E-state index in [0.29, 0.717) is 32.4 Å². The van der Waals surface area contributed by atoms with E-state index in [1.807, 2.05) is 37.3 Å². The maximum atomic E-state index is 13.2. The Kier molecular flexibility index (Phi) is 10.1. The molecule has 2 rings (SSSR count). The van der Waals surface area contributed by atoms with Crippen LogP contribution in [0.3, 0.4) is 0 Å². The zero-order chi connectivity index (χ0) is 21.8. The molecule has 1 atom stereocenters. The van der Waals surface area contributed by atoms with E-state index >= 15 is 0 Å². The monoisotopic (exact) mass is 408 g/mol. The van der Waals surface area contributed by atoms with Gasteiger partial charge in [0.1, 0.15) is 6.04 Å². The van der Waals surface area contributed by atoms with Crippen molar-refractivity contribution in [3.05, 3.63) is 71.3 Å². The number of unbranched alkanes of at least 4 members (excludes halogenated alkanes) is 1. The highest BCUT2D eigenvalue weighted by molar-refractivity contribution is 5.87. The summed E-state index contributed by atoms with van der Waals surface area (Å²) in [6.45, 7) is 7.31. The van der Waals surface area contributed by atoms with Crippen molar-refractivity contribution in [1.29, 1.82) is 0 Å². The molecule has 162 valence electrons. The molecular formula is C26H36N2O2. The first-order valence-corrected chi connectivity index (χ1v) is 11.3. The number of nitrogens with one attached hydrogen (secondary N) is 1. The lowest BCUT2D eigenvalue weighted by molar-refractivity contribution is -0.141. The molecule has 2 aromatic carbocycles. The molecule has 0 spiro atoms. The van der Waals surface area contributed by atoms with E-state index in [1.165, 1.54) is 5.56 Å². The summed E-state index contributed by atoms with van der Waals surface area (Å²) in [5, 5.41) is 3.01. The Morgan fingerprint density at radius 3 is 2.17 bits per heavy atom. The van der Waals surface area contributed by atoms with Crippen molar-refractivity contribution >= 4 is 11.8 Å². The van der Waals surface area contributed by atoms with Crippen molar-refractivity contribution < 1.29 is 9.59 Å². The van der Waals surface area contributed by atoms with Crippen molar-refractivity contribution in [2.24, 2.45) is 0 Å². The second-order valence-corrected chi connectivity index (χ2v) is 7.75. The quantitative estimate of drug-likeness (QED) is 0.508. The molecule has 0 saturated heterocycles. The molecule has 0 heterocycles. The largest absolute Gasteiger partial charge is 0.354 e. The van der Waals surface area contributed by atoms with E-state index in [0.717, 1.165) is 30.4 Å². The Morgan fingerprint density at radius 1 is 0.900 bits per heavy atom. The van der Waals surface area contributed by atoms with Gasteiger partial charge in [0, 0.05) is 19.5 Å². The maximum absolute atomic E-state index is 13.2. The molecule has 2 aromatic rings. The van der Waals surface area contributed by atoms with Crippen molar-refractivity contribution in [3.63, 3.8) is 0 Å². The highest BCUT2D eigenvalue weighted by Crippen LogP contribution is 2.15. The van der Waals surface area contributed by atoms with E-state index in [-0.39, 0.29) is 11.8 Å². The Labute approximate surface area is 181 Å². The summed E-state index contributed by atoms with van der Waals surface area (Å²) in [5.41, 5.74) is 3.49. The SMILES string of the molecule is CCCCNC(=O)C(CC)N(Cc1ccccc1)C(=O)CCc1ccc(CC)cc1. The molecule has 0 saturated carbocycles. The molecule has 0 fully saturated rings. The lowest BCUT2D eigenvalue weighted by Gasteiger charge is -2.31. The molecule has 0 aliphatic carbocycles. The molecule has 2 amide bonds. The zero-order valence-electron chi connectivity index (χ0n) is 18.7. The maximum Gasteiger partial charge on any atom is 0.242 e. The van der Waals surface area contributed by atoms with Gasteiger partial charge in [-0.1, -0.05) is 81.8 Å². The minimum Gasteiger partial charge on any atom is -0.354 e. The zero-order valence-corrected chi connectivity index (χ0v) is 18.7. The summed E-state index contributed by atoms with van der Waals surface area (Å²) < 4.78 is 0. The van der Waals surface area contributed by atoms with Gasteiger partial charge in [-0.2, -0.15) is 0 Å². The Bertz CT molecular complexity index is 771. The summed E-state index contributed by atoms with van der Waals surface area (Å²) in [6, 6.07) is 17.9. The molecule has 1 N–H and O–H groups in total. The predicted octanol–water partition coefficient (Wildman–Crippen LogP) is 4.91. The smallest absolute Gasteiger partial charge is 0.242 e. The summed E-state index contributed by atoms with van der Waals surface area (Å²) in [5.74, 6) is -0.0292. The van der Waals surface area contributed by atoms with Gasteiger partial charge in [-0.25, -0.2) is 0 Å². The second-order valence-electron chi connectivity index (χ2n) is 7.75. The van der Waals surface area contributed by atoms with Crippen molar-refractivity contribution in [3.8, 4) is 0 Å². The molecule has 0 bridgehead atoms. The number of aryl methyl sites for hydroxylation is 2. The van der Waals surface area contributed by atoms with Gasteiger partial charge in [-0.05, 0) is 42.4 Å². The van der Waals surface area contributed by atoms with Gasteiger partial charge in [-0.15, -0.1) is 0 Å². The average molecular weight is 409 g/mol. The van der Waals surface area contributed by atoms with Crippen molar-refractivity contribution in [2.75, 3.05) is 6.54 Å². The van der Waals surface area contributed by atoms with Gasteiger partial charge in [0.2, 0.25) is 11.8 Å². The van der Waals surface area contributed by atoms with Crippen molar-refractivity contribution in [2.45, 2.75) is 71.9 Å². The first-order chi connectivity index (χ1) is 14.6. The first kappa shape index (κ1) is 23.7. The molecule has 0 aliphatic heterocycles. The number of amides is 2. The van der Waals surface area contributed by atoms with Crippen LogP contribution < -0.4 is 5.32 Å². The fourth-order valence-corrected chi connectivity index (χ4v) is 3.54. The fourth-order valence-electron chi connectivity index (χ4n) is 3.54. The van der Waals surface area contributed by atoms with Crippen LogP contribution in [0.15, 0.2) is 54.6 Å². The van der Waals surface area contributed by atoms with Crippen LogP contribution in [-0.2, 0) is 29.0 Å². The van der Waals surface area contributed by atoms with Crippen LogP contribution in [0, 0.1) is 0 Å². The van der Waals surface area contributed by atoms with Gasteiger partial charge < -0.3 is 10.2 Å². The summed E-state index contributed by atoms with van der Waals surface area (Å²) >= 11 is 0. The third kappa shape index (κ3) is 7.33. The number of carbonyl (C=O) groups is 2. The number of benzene rings is 2. The van der Waals surface area contributed by atoms with Crippen LogP contribution in [0.4, 0.5) is 0 Å². The Balaban J connectivity index is 2.11. The minimum atomic E-state index is -0.447. The van der Waals surface area contributed by atoms with Crippen LogP contribution in [-0.4, -0.2) is 29.3 Å². The van der Waals surface area contributed by atoms with Crippen LogP contribution in [0.2, 0.25) is 0 Å². The molecule has 4 heteroatoms. The number of hydrogen-bond donors (Lipinski definition) is 1. The first-order valence-electron chi connectivity index (χ1n) is 11.3. The standard InChI is InChI=1S/C26H36N2O2/c1-4-7-19-27-26(30)24(6-3)28(20-23-11-9-8-10-12-23)25(29)18-17-22-15-13-21(5-2)14-16-22/h8-16,24H,4-7,17-20H2,1-3H3,(H,27,30). The molecule has 0 radical (unpaired) electrons. The third-order valence-corrected chi connectivity index (χ3v) is 5.47. The molecule has 0 aromatic heterocycles. The summed E-state index contributed by atoms with van der Waals surface area (Å²) in [7, 11) is 0. The predicted molar refractivity (Wildman–Crippen MR) is 123 cm³/mol. The van der Waals surface area contributed by atoms with Crippen molar-refractivity contribution in [1.82, 2.24) is 10.2 Å². The van der Waals surface area contributed by atoms with Gasteiger partial charge in [0.25, 0.3) is 0 Å². The van der Waals surface area contributed by atoms with E-state index in [4.69, 9.17) is 0 Å². The topological polar surface area (TPSA) is 49.4 Å². The second kappa shape index (κ2) is 12.8. The number of carbonyl (C=O) groups excluding carboxylic acids is 2. The highest BCUT2D eigenvalue weighted by Gasteiger charge is 2.28. The van der Waals surface area contributed by atoms with E-state index < -0.39 is 6.04 Å².